The number of amides is 1. The van der Waals surface area contributed by atoms with E-state index in [4.69, 9.17) is 0 Å². The molecule has 16 heavy (non-hydrogen) atoms. The van der Waals surface area contributed by atoms with Crippen molar-refractivity contribution in [3.8, 4) is 0 Å². The van der Waals surface area contributed by atoms with Crippen molar-refractivity contribution in [2.75, 3.05) is 11.9 Å². The van der Waals surface area contributed by atoms with E-state index in [1.807, 2.05) is 39.0 Å². The highest BCUT2D eigenvalue weighted by molar-refractivity contribution is 9.10. The Morgan fingerprint density at radius 2 is 2.12 bits per heavy atom. The third-order valence-electron chi connectivity index (χ3n) is 1.66. The molecule has 0 aliphatic rings. The Balaban J connectivity index is 2.43. The van der Waals surface area contributed by atoms with Gasteiger partial charge in [-0.1, -0.05) is 6.07 Å². The number of nitrogens with one attached hydrogen (secondary N) is 2. The van der Waals surface area contributed by atoms with Crippen LogP contribution in [0.5, 0.6) is 0 Å². The van der Waals surface area contributed by atoms with Crippen LogP contribution in [0.2, 0.25) is 0 Å². The van der Waals surface area contributed by atoms with Gasteiger partial charge in [0.05, 0.1) is 6.54 Å². The molecule has 1 amide bonds. The topological polar surface area (TPSA) is 54.0 Å². The number of nitrogens with zero attached hydrogens (tertiary/aromatic N) is 1. The number of anilines is 1. The lowest BCUT2D eigenvalue weighted by molar-refractivity contribution is -0.120. The monoisotopic (exact) mass is 285 g/mol. The average Bonchev–Trinajstić information content (AvgIpc) is 2.12. The minimum atomic E-state index is -0.205. The minimum Gasteiger partial charge on any atom is -0.361 e. The van der Waals surface area contributed by atoms with Crippen molar-refractivity contribution in [2.24, 2.45) is 0 Å². The van der Waals surface area contributed by atoms with E-state index in [9.17, 15) is 4.79 Å². The number of rotatable bonds is 3. The second-order valence-electron chi connectivity index (χ2n) is 4.50. The van der Waals surface area contributed by atoms with Crippen LogP contribution in [0, 0.1) is 0 Å². The summed E-state index contributed by atoms with van der Waals surface area (Å²) in [7, 11) is 0. The molecule has 0 unspecified atom stereocenters. The number of halogens is 1. The molecule has 1 aromatic heterocycles. The summed E-state index contributed by atoms with van der Waals surface area (Å²) >= 11 is 3.27. The SMILES string of the molecule is CC(C)(C)NC(=O)CNc1cccc(Br)n1. The first-order chi connectivity index (χ1) is 7.37. The van der Waals surface area contributed by atoms with Crippen LogP contribution in [-0.4, -0.2) is 23.0 Å². The maximum absolute atomic E-state index is 11.5. The summed E-state index contributed by atoms with van der Waals surface area (Å²) in [4.78, 5) is 15.7. The van der Waals surface area contributed by atoms with Crippen LogP contribution in [0.15, 0.2) is 22.8 Å². The Morgan fingerprint density at radius 3 is 2.69 bits per heavy atom. The van der Waals surface area contributed by atoms with Crippen molar-refractivity contribution >= 4 is 27.7 Å². The van der Waals surface area contributed by atoms with Crippen molar-refractivity contribution < 1.29 is 4.79 Å². The number of pyridine rings is 1. The highest BCUT2D eigenvalue weighted by Gasteiger charge is 2.13. The molecular weight excluding hydrogens is 270 g/mol. The van der Waals surface area contributed by atoms with Crippen LogP contribution >= 0.6 is 15.9 Å². The zero-order valence-electron chi connectivity index (χ0n) is 9.67. The van der Waals surface area contributed by atoms with Crippen molar-refractivity contribution in [2.45, 2.75) is 26.3 Å². The third-order valence-corrected chi connectivity index (χ3v) is 2.10. The molecule has 0 saturated heterocycles. The Morgan fingerprint density at radius 1 is 1.44 bits per heavy atom. The molecule has 0 saturated carbocycles. The molecule has 0 fully saturated rings. The van der Waals surface area contributed by atoms with E-state index in [0.29, 0.717) is 5.82 Å². The number of hydrogen-bond acceptors (Lipinski definition) is 3. The van der Waals surface area contributed by atoms with E-state index < -0.39 is 0 Å². The summed E-state index contributed by atoms with van der Waals surface area (Å²) in [6.45, 7) is 6.06. The molecule has 0 aliphatic carbocycles. The van der Waals surface area contributed by atoms with Gasteiger partial charge in [-0.15, -0.1) is 0 Å². The Bertz CT molecular complexity index is 374. The van der Waals surface area contributed by atoms with Gasteiger partial charge < -0.3 is 10.6 Å². The Labute approximate surface area is 104 Å². The normalized spacial score (nSPS) is 11.0. The summed E-state index contributed by atoms with van der Waals surface area (Å²) in [5.74, 6) is 0.632. The van der Waals surface area contributed by atoms with Crippen LogP contribution in [-0.2, 0) is 4.79 Å². The van der Waals surface area contributed by atoms with Gasteiger partial charge >= 0.3 is 0 Å². The lowest BCUT2D eigenvalue weighted by Crippen LogP contribution is -2.43. The van der Waals surface area contributed by atoms with Crippen LogP contribution < -0.4 is 10.6 Å². The molecule has 1 rings (SSSR count). The van der Waals surface area contributed by atoms with E-state index in [1.54, 1.807) is 0 Å². The van der Waals surface area contributed by atoms with Crippen LogP contribution in [0.1, 0.15) is 20.8 Å². The molecule has 0 atom stereocenters. The van der Waals surface area contributed by atoms with E-state index in [2.05, 4.69) is 31.5 Å². The molecule has 0 spiro atoms. The first kappa shape index (κ1) is 13.0. The molecule has 0 bridgehead atoms. The smallest absolute Gasteiger partial charge is 0.239 e. The second-order valence-corrected chi connectivity index (χ2v) is 5.31. The molecule has 0 radical (unpaired) electrons. The van der Waals surface area contributed by atoms with Gasteiger partial charge in [-0.05, 0) is 48.8 Å². The van der Waals surface area contributed by atoms with Gasteiger partial charge in [0.25, 0.3) is 0 Å². The number of carbonyl (C=O) groups excluding carboxylic acids is 1. The fourth-order valence-electron chi connectivity index (χ4n) is 1.14. The Hall–Kier alpha value is -1.10. The number of aromatic nitrogens is 1. The van der Waals surface area contributed by atoms with Gasteiger partial charge in [0, 0.05) is 5.54 Å². The molecule has 1 heterocycles. The first-order valence-electron chi connectivity index (χ1n) is 5.04. The van der Waals surface area contributed by atoms with Gasteiger partial charge in [0.2, 0.25) is 5.91 Å². The van der Waals surface area contributed by atoms with Crippen molar-refractivity contribution in [1.82, 2.24) is 10.3 Å². The molecule has 2 N–H and O–H groups in total. The molecule has 0 aromatic carbocycles. The summed E-state index contributed by atoms with van der Waals surface area (Å²) < 4.78 is 0.744. The molecule has 1 aromatic rings. The average molecular weight is 286 g/mol. The van der Waals surface area contributed by atoms with E-state index >= 15 is 0 Å². The van der Waals surface area contributed by atoms with Gasteiger partial charge in [0.1, 0.15) is 10.4 Å². The first-order valence-corrected chi connectivity index (χ1v) is 5.83. The van der Waals surface area contributed by atoms with E-state index in [-0.39, 0.29) is 18.0 Å². The lowest BCUT2D eigenvalue weighted by Gasteiger charge is -2.20. The molecule has 5 heteroatoms. The molecular formula is C11H16BrN3O. The van der Waals surface area contributed by atoms with Gasteiger partial charge in [-0.2, -0.15) is 0 Å². The summed E-state index contributed by atoms with van der Waals surface area (Å²) in [6.07, 6.45) is 0. The summed E-state index contributed by atoms with van der Waals surface area (Å²) in [6, 6.07) is 5.51. The van der Waals surface area contributed by atoms with Gasteiger partial charge in [-0.25, -0.2) is 4.98 Å². The maximum Gasteiger partial charge on any atom is 0.239 e. The van der Waals surface area contributed by atoms with E-state index in [1.165, 1.54) is 0 Å². The summed E-state index contributed by atoms with van der Waals surface area (Å²) in [5, 5.41) is 5.82. The van der Waals surface area contributed by atoms with Crippen LogP contribution in [0.25, 0.3) is 0 Å². The van der Waals surface area contributed by atoms with Crippen LogP contribution in [0.4, 0.5) is 5.82 Å². The zero-order chi connectivity index (χ0) is 12.2. The highest BCUT2D eigenvalue weighted by Crippen LogP contribution is 2.09. The minimum absolute atomic E-state index is 0.0470. The van der Waals surface area contributed by atoms with E-state index in [0.717, 1.165) is 4.60 Å². The predicted molar refractivity (Wildman–Crippen MR) is 68.3 cm³/mol. The quantitative estimate of drug-likeness (QED) is 0.837. The van der Waals surface area contributed by atoms with Crippen molar-refractivity contribution in [1.29, 1.82) is 0 Å². The molecule has 0 aliphatic heterocycles. The van der Waals surface area contributed by atoms with Crippen LogP contribution in [0.3, 0.4) is 0 Å². The lowest BCUT2D eigenvalue weighted by atomic mass is 10.1. The van der Waals surface area contributed by atoms with Gasteiger partial charge in [0.15, 0.2) is 0 Å². The maximum atomic E-state index is 11.5. The number of hydrogen-bond donors (Lipinski definition) is 2. The number of carbonyl (C=O) groups is 1. The fourth-order valence-corrected chi connectivity index (χ4v) is 1.48. The predicted octanol–water partition coefficient (Wildman–Crippen LogP) is 2.17. The molecule has 88 valence electrons. The largest absolute Gasteiger partial charge is 0.361 e. The van der Waals surface area contributed by atoms with Crippen molar-refractivity contribution in [3.63, 3.8) is 0 Å². The third kappa shape index (κ3) is 5.11. The van der Waals surface area contributed by atoms with Crippen molar-refractivity contribution in [3.05, 3.63) is 22.8 Å². The molecule has 4 nitrogen and oxygen atoms in total. The Kier molecular flexibility index (Phi) is 4.29. The standard InChI is InChI=1S/C11H16BrN3O/c1-11(2,3)15-10(16)7-13-9-6-4-5-8(12)14-9/h4-6H,7H2,1-3H3,(H,13,14)(H,15,16). The highest BCUT2D eigenvalue weighted by atomic mass is 79.9. The second kappa shape index (κ2) is 5.30. The van der Waals surface area contributed by atoms with Gasteiger partial charge in [-0.3, -0.25) is 4.79 Å². The summed E-state index contributed by atoms with van der Waals surface area (Å²) in [5.41, 5.74) is -0.205. The fraction of sp³-hybridized carbons (Fsp3) is 0.455. The zero-order valence-corrected chi connectivity index (χ0v) is 11.3.